The summed E-state index contributed by atoms with van der Waals surface area (Å²) in [5, 5.41) is 28.1. The molecule has 3 aliphatic heterocycles. The molecule has 0 bridgehead atoms. The average Bonchev–Trinajstić information content (AvgIpc) is 3.39. The van der Waals surface area contributed by atoms with Crippen molar-refractivity contribution in [1.29, 1.82) is 5.26 Å². The predicted octanol–water partition coefficient (Wildman–Crippen LogP) is 10.0. The van der Waals surface area contributed by atoms with E-state index >= 15 is 0 Å². The first-order valence-electron chi connectivity index (χ1n) is 23.6. The van der Waals surface area contributed by atoms with Crippen LogP contribution in [0.2, 0.25) is 0 Å². The van der Waals surface area contributed by atoms with Gasteiger partial charge in [0.1, 0.15) is 11.5 Å². The van der Waals surface area contributed by atoms with Crippen LogP contribution < -0.4 is 34.1 Å². The molecular weight excluding hydrogens is 935 g/mol. The van der Waals surface area contributed by atoms with Crippen LogP contribution in [-0.2, 0) is 9.47 Å². The minimum atomic E-state index is -1.10. The zero-order valence-corrected chi connectivity index (χ0v) is 43.2. The zero-order chi connectivity index (χ0) is 53.8. The van der Waals surface area contributed by atoms with Gasteiger partial charge in [-0.15, -0.1) is 0 Å². The van der Waals surface area contributed by atoms with Crippen LogP contribution in [0.15, 0.2) is 72.8 Å². The number of piperidine rings is 3. The lowest BCUT2D eigenvalue weighted by molar-refractivity contribution is 0.0591. The number of aromatic carboxylic acids is 2. The van der Waals surface area contributed by atoms with Gasteiger partial charge in [0, 0.05) is 33.1 Å². The second-order valence-electron chi connectivity index (χ2n) is 17.1. The summed E-state index contributed by atoms with van der Waals surface area (Å²) in [5.41, 5.74) is 3.11. The fourth-order valence-electron chi connectivity index (χ4n) is 7.42. The van der Waals surface area contributed by atoms with E-state index in [-0.39, 0.29) is 34.2 Å². The van der Waals surface area contributed by atoms with Gasteiger partial charge in [-0.25, -0.2) is 28.0 Å². The Kier molecular flexibility index (Phi) is 27.7. The Bertz CT molecular complexity index is 2360. The van der Waals surface area contributed by atoms with Gasteiger partial charge >= 0.3 is 23.9 Å². The molecule has 18 heteroatoms. The molecule has 0 amide bonds. The van der Waals surface area contributed by atoms with E-state index in [9.17, 15) is 28.0 Å². The van der Waals surface area contributed by atoms with E-state index < -0.39 is 29.5 Å². The standard InChI is InChI=1S/C15H21NO3.C14H19NO3.C9H9FO3.C8H7FO3.C6H13N.C2H3N/c1-11-6-8-16(9-7-11)13-5-4-12(15(17)19-3)10-14(13)18-2;1-10-5-7-15(8-6-10)12-4-3-11(14(16)17)9-13(12)18-2;1-12-8-5-6(9(11)13-2)3-4-7(8)10;1-12-7-4-5(8(10)11)2-3-6(7)9;1-6-2-4-7-5-3-6;1-2-3/h4-5,10-11H,6-9H2,1-3H3;3-4,9-10H,5-8H2,1-2H3,(H,16,17);3-5H,1-2H3;2-4H,1H3,(H,10,11);6-7H,2-5H2,1H3;1H3. The molecule has 3 N–H and O–H groups in total. The Morgan fingerprint density at radius 3 is 1.14 bits per heavy atom. The highest BCUT2D eigenvalue weighted by Crippen LogP contribution is 2.34. The van der Waals surface area contributed by atoms with E-state index in [1.165, 1.54) is 105 Å². The zero-order valence-electron chi connectivity index (χ0n) is 43.2. The highest BCUT2D eigenvalue weighted by Gasteiger charge is 2.22. The van der Waals surface area contributed by atoms with Crippen molar-refractivity contribution in [3.05, 3.63) is 107 Å². The third-order valence-corrected chi connectivity index (χ3v) is 11.9. The van der Waals surface area contributed by atoms with E-state index in [1.807, 2.05) is 12.1 Å². The van der Waals surface area contributed by atoms with Crippen LogP contribution in [-0.4, -0.2) is 116 Å². The number of hydrogen-bond donors (Lipinski definition) is 3. The Hall–Kier alpha value is -7.13. The van der Waals surface area contributed by atoms with E-state index in [0.29, 0.717) is 11.3 Å². The molecule has 7 rings (SSSR count). The molecule has 3 aliphatic rings. The molecule has 0 saturated carbocycles. The van der Waals surface area contributed by atoms with Crippen molar-refractivity contribution in [3.8, 4) is 29.1 Å². The smallest absolute Gasteiger partial charge is 0.337 e. The number of carbonyl (C=O) groups excluding carboxylic acids is 2. The number of benzene rings is 4. The van der Waals surface area contributed by atoms with E-state index in [0.717, 1.165) is 79.3 Å². The van der Waals surface area contributed by atoms with Gasteiger partial charge < -0.3 is 53.8 Å². The molecule has 0 radical (unpaired) electrons. The summed E-state index contributed by atoms with van der Waals surface area (Å²) in [7, 11) is 8.47. The van der Waals surface area contributed by atoms with Crippen molar-refractivity contribution in [2.75, 3.05) is 91.7 Å². The summed E-state index contributed by atoms with van der Waals surface area (Å²) in [5.74, 6) is -0.0726. The van der Waals surface area contributed by atoms with Crippen LogP contribution in [0.3, 0.4) is 0 Å². The number of ether oxygens (including phenoxy) is 6. The number of carboxylic acids is 2. The maximum absolute atomic E-state index is 12.9. The van der Waals surface area contributed by atoms with E-state index in [4.69, 9.17) is 34.4 Å². The average molecular weight is 1010 g/mol. The summed E-state index contributed by atoms with van der Waals surface area (Å²) < 4.78 is 54.8. The number of nitriles is 1. The number of anilines is 2. The SMILES string of the molecule is CC#N.CC1CCNCC1.COC(=O)c1ccc(F)c(OC)c1.COC(=O)c1ccc(N2CCC(C)CC2)c(OC)c1.COc1cc(C(=O)O)ccc1F.COc1cc(C(=O)O)ccc1N1CCC(C)CC1. The molecule has 3 saturated heterocycles. The highest BCUT2D eigenvalue weighted by atomic mass is 19.1. The second-order valence-corrected chi connectivity index (χ2v) is 17.1. The first-order valence-corrected chi connectivity index (χ1v) is 23.6. The maximum atomic E-state index is 12.9. The molecule has 0 spiro atoms. The molecule has 4 aromatic carbocycles. The van der Waals surface area contributed by atoms with E-state index in [2.05, 4.69) is 45.4 Å². The molecule has 394 valence electrons. The monoisotopic (exact) mass is 1010 g/mol. The lowest BCUT2D eigenvalue weighted by Crippen LogP contribution is -2.33. The van der Waals surface area contributed by atoms with Gasteiger partial charge in [-0.1, -0.05) is 20.8 Å². The summed E-state index contributed by atoms with van der Waals surface area (Å²) in [6.45, 7) is 14.9. The number of methoxy groups -OCH3 is 6. The van der Waals surface area contributed by atoms with Crippen LogP contribution in [0.5, 0.6) is 23.0 Å². The molecule has 0 aliphatic carbocycles. The number of halogens is 2. The van der Waals surface area contributed by atoms with Gasteiger partial charge in [-0.2, -0.15) is 5.26 Å². The summed E-state index contributed by atoms with van der Waals surface area (Å²) in [6.07, 6.45) is 7.48. The number of nitrogens with one attached hydrogen (secondary N) is 1. The normalized spacial score (nSPS) is 14.3. The van der Waals surface area contributed by atoms with Gasteiger partial charge in [-0.05, 0) is 142 Å². The molecule has 0 atom stereocenters. The van der Waals surface area contributed by atoms with Crippen LogP contribution in [0, 0.1) is 40.7 Å². The minimum absolute atomic E-state index is 0.00764. The Morgan fingerprint density at radius 2 is 0.819 bits per heavy atom. The first-order chi connectivity index (χ1) is 34.4. The predicted molar refractivity (Wildman–Crippen MR) is 272 cm³/mol. The number of carboxylic acid groups (broad SMARTS) is 2. The minimum Gasteiger partial charge on any atom is -0.495 e. The first kappa shape index (κ1) is 61.0. The third kappa shape index (κ3) is 20.3. The number of carbonyl (C=O) groups is 4. The van der Waals surface area contributed by atoms with Crippen LogP contribution in [0.1, 0.15) is 108 Å². The number of esters is 2. The molecule has 0 unspecified atom stereocenters. The molecular formula is C54H72F2N4O12. The topological polar surface area (TPSA) is 206 Å². The van der Waals surface area contributed by atoms with Crippen molar-refractivity contribution in [3.63, 3.8) is 0 Å². The van der Waals surface area contributed by atoms with Crippen molar-refractivity contribution in [2.45, 2.75) is 66.2 Å². The Labute approximate surface area is 422 Å². The second kappa shape index (κ2) is 32.7. The quantitative estimate of drug-likeness (QED) is 0.126. The summed E-state index contributed by atoms with van der Waals surface area (Å²) in [6, 6.07) is 19.5. The molecule has 3 heterocycles. The van der Waals surface area contributed by atoms with Gasteiger partial charge in [0.05, 0.1) is 82.4 Å². The fourth-order valence-corrected chi connectivity index (χ4v) is 7.42. The lowest BCUT2D eigenvalue weighted by Gasteiger charge is -2.33. The Balaban J connectivity index is 0.000000313. The molecule has 0 aromatic heterocycles. The molecule has 4 aromatic rings. The van der Waals surface area contributed by atoms with Crippen LogP contribution in [0.4, 0.5) is 20.2 Å². The maximum Gasteiger partial charge on any atom is 0.337 e. The van der Waals surface area contributed by atoms with Crippen LogP contribution in [0.25, 0.3) is 0 Å². The van der Waals surface area contributed by atoms with Crippen molar-refractivity contribution >= 4 is 35.3 Å². The van der Waals surface area contributed by atoms with Crippen molar-refractivity contribution < 1.29 is 66.6 Å². The molecule has 72 heavy (non-hydrogen) atoms. The largest absolute Gasteiger partial charge is 0.495 e. The highest BCUT2D eigenvalue weighted by molar-refractivity contribution is 5.91. The van der Waals surface area contributed by atoms with Gasteiger partial charge in [0.15, 0.2) is 23.1 Å². The fraction of sp³-hybridized carbons (Fsp3) is 0.463. The van der Waals surface area contributed by atoms with Gasteiger partial charge in [0.2, 0.25) is 0 Å². The molecule has 3 fully saturated rings. The molecule has 16 nitrogen and oxygen atoms in total. The number of rotatable bonds is 10. The summed E-state index contributed by atoms with van der Waals surface area (Å²) in [4.78, 5) is 48.4. The number of nitrogens with zero attached hydrogens (tertiary/aromatic N) is 3. The third-order valence-electron chi connectivity index (χ3n) is 11.9. The summed E-state index contributed by atoms with van der Waals surface area (Å²) >= 11 is 0. The van der Waals surface area contributed by atoms with Gasteiger partial charge in [-0.3, -0.25) is 0 Å². The van der Waals surface area contributed by atoms with Crippen LogP contribution >= 0.6 is 0 Å². The van der Waals surface area contributed by atoms with Gasteiger partial charge in [0.25, 0.3) is 0 Å². The Morgan fingerprint density at radius 1 is 0.528 bits per heavy atom. The number of hydrogen-bond acceptors (Lipinski definition) is 14. The lowest BCUT2D eigenvalue weighted by atomic mass is 9.98. The van der Waals surface area contributed by atoms with Crippen molar-refractivity contribution in [1.82, 2.24) is 5.32 Å². The van der Waals surface area contributed by atoms with E-state index in [1.54, 1.807) is 44.6 Å². The van der Waals surface area contributed by atoms with Crippen molar-refractivity contribution in [2.24, 2.45) is 17.8 Å².